The molecule has 0 fully saturated rings. The molecule has 0 saturated carbocycles. The standard InChI is InChI=1S/C22H17FN4O3/c23-15-7-9-16(10-8-15)25-21(28)18-13-24-27-17(11-6-14-4-2-1-3-5-14)12-19(22(29)30)26-20(18)27/h1-13,17,26H,(H,25,28)(H,29,30)/b11-6+/t17-/m1/s1. The van der Waals surface area contributed by atoms with E-state index in [1.807, 2.05) is 36.4 Å². The molecule has 0 saturated heterocycles. The van der Waals surface area contributed by atoms with Crippen molar-refractivity contribution < 1.29 is 19.1 Å². The van der Waals surface area contributed by atoms with Crippen LogP contribution in [0.1, 0.15) is 22.0 Å². The number of carbonyl (C=O) groups is 2. The van der Waals surface area contributed by atoms with Crippen LogP contribution in [0, 0.1) is 5.82 Å². The van der Waals surface area contributed by atoms with Gasteiger partial charge in [0.25, 0.3) is 5.91 Å². The molecule has 2 aromatic carbocycles. The number of carboxylic acids is 1. The zero-order valence-electron chi connectivity index (χ0n) is 15.6. The van der Waals surface area contributed by atoms with E-state index in [0.29, 0.717) is 5.69 Å². The Morgan fingerprint density at radius 3 is 2.57 bits per heavy atom. The summed E-state index contributed by atoms with van der Waals surface area (Å²) < 4.78 is 14.6. The molecule has 2 heterocycles. The highest BCUT2D eigenvalue weighted by Crippen LogP contribution is 2.29. The lowest BCUT2D eigenvalue weighted by Gasteiger charge is -2.22. The first-order valence-electron chi connectivity index (χ1n) is 9.11. The van der Waals surface area contributed by atoms with Crippen molar-refractivity contribution in [1.29, 1.82) is 0 Å². The van der Waals surface area contributed by atoms with Gasteiger partial charge in [-0.15, -0.1) is 0 Å². The third-order valence-corrected chi connectivity index (χ3v) is 4.53. The van der Waals surface area contributed by atoms with Gasteiger partial charge in [0.15, 0.2) is 0 Å². The summed E-state index contributed by atoms with van der Waals surface area (Å²) in [4.78, 5) is 24.3. The predicted octanol–water partition coefficient (Wildman–Crippen LogP) is 3.92. The molecule has 1 atom stereocenters. The first-order chi connectivity index (χ1) is 14.5. The fourth-order valence-electron chi connectivity index (χ4n) is 3.06. The van der Waals surface area contributed by atoms with Crippen molar-refractivity contribution in [3.8, 4) is 0 Å². The molecule has 4 rings (SSSR count). The molecule has 8 heteroatoms. The summed E-state index contributed by atoms with van der Waals surface area (Å²) in [6, 6.07) is 14.4. The van der Waals surface area contributed by atoms with Crippen molar-refractivity contribution >= 4 is 29.5 Å². The first kappa shape index (κ1) is 19.1. The van der Waals surface area contributed by atoms with E-state index >= 15 is 0 Å². The number of allylic oxidation sites excluding steroid dienone is 2. The second-order valence-electron chi connectivity index (χ2n) is 6.58. The molecule has 0 radical (unpaired) electrons. The number of aromatic nitrogens is 2. The van der Waals surface area contributed by atoms with Crippen LogP contribution in [-0.4, -0.2) is 26.8 Å². The Labute approximate surface area is 171 Å². The van der Waals surface area contributed by atoms with Gasteiger partial charge in [0.2, 0.25) is 0 Å². The second kappa shape index (κ2) is 8.04. The highest BCUT2D eigenvalue weighted by molar-refractivity contribution is 6.08. The van der Waals surface area contributed by atoms with Gasteiger partial charge in [-0.05, 0) is 35.9 Å². The lowest BCUT2D eigenvalue weighted by molar-refractivity contribution is -0.132. The first-order valence-corrected chi connectivity index (χ1v) is 9.11. The summed E-state index contributed by atoms with van der Waals surface area (Å²) in [5.41, 5.74) is 1.47. The van der Waals surface area contributed by atoms with Crippen molar-refractivity contribution in [2.24, 2.45) is 0 Å². The van der Waals surface area contributed by atoms with Crippen LogP contribution in [0.4, 0.5) is 15.9 Å². The van der Waals surface area contributed by atoms with E-state index in [1.54, 1.807) is 6.08 Å². The molecule has 1 aliphatic heterocycles. The fraction of sp³-hybridized carbons (Fsp3) is 0.0455. The number of carboxylic acid groups (broad SMARTS) is 1. The van der Waals surface area contributed by atoms with Crippen molar-refractivity contribution in [3.63, 3.8) is 0 Å². The number of aliphatic carboxylic acids is 1. The quantitative estimate of drug-likeness (QED) is 0.599. The number of benzene rings is 2. The van der Waals surface area contributed by atoms with E-state index < -0.39 is 23.7 Å². The lowest BCUT2D eigenvalue weighted by atomic mass is 10.1. The number of hydrogen-bond donors (Lipinski definition) is 3. The molecule has 0 bridgehead atoms. The summed E-state index contributed by atoms with van der Waals surface area (Å²) >= 11 is 0. The topological polar surface area (TPSA) is 96.2 Å². The molecule has 1 aliphatic rings. The van der Waals surface area contributed by atoms with Crippen LogP contribution in [-0.2, 0) is 4.79 Å². The van der Waals surface area contributed by atoms with Crippen LogP contribution < -0.4 is 10.6 Å². The Bertz CT molecular complexity index is 1150. The second-order valence-corrected chi connectivity index (χ2v) is 6.58. The predicted molar refractivity (Wildman–Crippen MR) is 110 cm³/mol. The van der Waals surface area contributed by atoms with Gasteiger partial charge in [-0.25, -0.2) is 13.9 Å². The number of rotatable bonds is 5. The third kappa shape index (κ3) is 3.97. The molecular formula is C22H17FN4O3. The Morgan fingerprint density at radius 1 is 1.13 bits per heavy atom. The van der Waals surface area contributed by atoms with Gasteiger partial charge >= 0.3 is 5.97 Å². The van der Waals surface area contributed by atoms with E-state index in [0.717, 1.165) is 5.56 Å². The number of carbonyl (C=O) groups excluding carboxylic acids is 1. The Hall–Kier alpha value is -4.20. The average molecular weight is 404 g/mol. The van der Waals surface area contributed by atoms with Crippen molar-refractivity contribution in [2.75, 3.05) is 10.6 Å². The molecule has 1 aromatic heterocycles. The molecule has 0 aliphatic carbocycles. The summed E-state index contributed by atoms with van der Waals surface area (Å²) in [6.45, 7) is 0. The summed E-state index contributed by atoms with van der Waals surface area (Å²) in [5.74, 6) is -1.79. The van der Waals surface area contributed by atoms with E-state index in [1.165, 1.54) is 41.2 Å². The number of fused-ring (bicyclic) bond motifs is 1. The molecule has 0 spiro atoms. The minimum atomic E-state index is -1.15. The Morgan fingerprint density at radius 2 is 1.87 bits per heavy atom. The highest BCUT2D eigenvalue weighted by Gasteiger charge is 2.27. The molecule has 1 amide bonds. The van der Waals surface area contributed by atoms with Gasteiger partial charge in [-0.3, -0.25) is 4.79 Å². The minimum absolute atomic E-state index is 0.0541. The van der Waals surface area contributed by atoms with Crippen LogP contribution in [0.25, 0.3) is 6.08 Å². The van der Waals surface area contributed by atoms with Crippen LogP contribution in [0.15, 0.2) is 78.6 Å². The van der Waals surface area contributed by atoms with Crippen LogP contribution >= 0.6 is 0 Å². The average Bonchev–Trinajstić information content (AvgIpc) is 3.18. The maximum absolute atomic E-state index is 13.1. The van der Waals surface area contributed by atoms with Crippen molar-refractivity contribution in [2.45, 2.75) is 6.04 Å². The van der Waals surface area contributed by atoms with E-state index in [2.05, 4.69) is 15.7 Å². The Balaban J connectivity index is 1.64. The summed E-state index contributed by atoms with van der Waals surface area (Å²) in [5, 5.41) is 19.2. The molecule has 3 N–H and O–H groups in total. The van der Waals surface area contributed by atoms with Crippen molar-refractivity contribution in [3.05, 3.63) is 95.6 Å². The van der Waals surface area contributed by atoms with Gasteiger partial charge in [0, 0.05) is 5.69 Å². The van der Waals surface area contributed by atoms with Crippen LogP contribution in [0.5, 0.6) is 0 Å². The molecule has 3 aromatic rings. The number of hydrogen-bond acceptors (Lipinski definition) is 4. The SMILES string of the molecule is O=C(O)C1=C[C@@H](/C=C/c2ccccc2)n2ncc(C(=O)Nc3ccc(F)cc3)c2N1. The zero-order chi connectivity index (χ0) is 21.1. The molecular weight excluding hydrogens is 387 g/mol. The van der Waals surface area contributed by atoms with E-state index in [4.69, 9.17) is 0 Å². The van der Waals surface area contributed by atoms with Gasteiger partial charge in [0.1, 0.15) is 22.9 Å². The summed E-state index contributed by atoms with van der Waals surface area (Å²) in [7, 11) is 0. The highest BCUT2D eigenvalue weighted by atomic mass is 19.1. The van der Waals surface area contributed by atoms with Gasteiger partial charge in [-0.2, -0.15) is 5.10 Å². The Kier molecular flexibility index (Phi) is 5.13. The van der Waals surface area contributed by atoms with Gasteiger partial charge in [0.05, 0.1) is 12.2 Å². The van der Waals surface area contributed by atoms with E-state index in [9.17, 15) is 19.1 Å². The maximum Gasteiger partial charge on any atom is 0.352 e. The molecule has 150 valence electrons. The van der Waals surface area contributed by atoms with Crippen LogP contribution in [0.2, 0.25) is 0 Å². The molecule has 0 unspecified atom stereocenters. The van der Waals surface area contributed by atoms with E-state index in [-0.39, 0.29) is 17.1 Å². The largest absolute Gasteiger partial charge is 0.477 e. The number of nitrogens with zero attached hydrogens (tertiary/aromatic N) is 2. The van der Waals surface area contributed by atoms with Crippen molar-refractivity contribution in [1.82, 2.24) is 9.78 Å². The summed E-state index contributed by atoms with van der Waals surface area (Å²) in [6.07, 6.45) is 6.54. The van der Waals surface area contributed by atoms with Gasteiger partial charge < -0.3 is 15.7 Å². The van der Waals surface area contributed by atoms with Gasteiger partial charge in [-0.1, -0.05) is 42.5 Å². The zero-order valence-corrected chi connectivity index (χ0v) is 15.6. The maximum atomic E-state index is 13.1. The minimum Gasteiger partial charge on any atom is -0.477 e. The fourth-order valence-corrected chi connectivity index (χ4v) is 3.06. The smallest absolute Gasteiger partial charge is 0.352 e. The lowest BCUT2D eigenvalue weighted by Crippen LogP contribution is -2.24. The number of halogens is 1. The molecule has 7 nitrogen and oxygen atoms in total. The number of anilines is 2. The number of amides is 1. The van der Waals surface area contributed by atoms with Crippen LogP contribution in [0.3, 0.4) is 0 Å². The normalized spacial score (nSPS) is 15.2. The monoisotopic (exact) mass is 404 g/mol. The molecule has 30 heavy (non-hydrogen) atoms. The third-order valence-electron chi connectivity index (χ3n) is 4.53. The number of nitrogens with one attached hydrogen (secondary N) is 2.